The van der Waals surface area contributed by atoms with Gasteiger partial charge in [-0.25, -0.2) is 25.8 Å². The lowest BCUT2D eigenvalue weighted by molar-refractivity contribution is -0.340. The van der Waals surface area contributed by atoms with Crippen LogP contribution in [-0.4, -0.2) is 148 Å². The van der Waals surface area contributed by atoms with Crippen LogP contribution < -0.4 is 16.2 Å². The van der Waals surface area contributed by atoms with E-state index in [0.29, 0.717) is 25.2 Å². The molecule has 14 atom stereocenters. The van der Waals surface area contributed by atoms with E-state index >= 15 is 4.79 Å². The molecule has 0 spiro atoms. The van der Waals surface area contributed by atoms with Gasteiger partial charge in [0.2, 0.25) is 5.91 Å². The summed E-state index contributed by atoms with van der Waals surface area (Å²) in [6, 6.07) is -7.89. The van der Waals surface area contributed by atoms with Crippen LogP contribution in [0.3, 0.4) is 0 Å². The molecule has 4 saturated heterocycles. The van der Waals surface area contributed by atoms with Gasteiger partial charge in [-0.2, -0.15) is 0 Å². The van der Waals surface area contributed by atoms with Gasteiger partial charge in [-0.15, -0.1) is 0 Å². The van der Waals surface area contributed by atoms with Crippen molar-refractivity contribution in [3.63, 3.8) is 0 Å². The minimum atomic E-state index is -2.04. The van der Waals surface area contributed by atoms with Crippen molar-refractivity contribution in [2.75, 3.05) is 13.1 Å². The molecule has 0 aromatic heterocycles. The maximum absolute atomic E-state index is 15.3. The molecule has 7 N–H and O–H groups in total. The van der Waals surface area contributed by atoms with Crippen LogP contribution in [0.2, 0.25) is 0 Å². The molecule has 14 unspecified atom stereocenters. The van der Waals surface area contributed by atoms with Crippen molar-refractivity contribution in [2.45, 2.75) is 208 Å². The zero-order chi connectivity index (χ0) is 51.9. The summed E-state index contributed by atoms with van der Waals surface area (Å²) in [7, 11) is 0. The summed E-state index contributed by atoms with van der Waals surface area (Å²) in [5, 5.41) is 52.8. The van der Waals surface area contributed by atoms with E-state index < -0.39 is 124 Å². The van der Waals surface area contributed by atoms with Crippen LogP contribution in [0.5, 0.6) is 0 Å². The number of hydrogen-bond acceptors (Lipinski definition) is 15. The van der Waals surface area contributed by atoms with E-state index in [1.54, 1.807) is 27.7 Å². The Hall–Kier alpha value is -3.79. The lowest BCUT2D eigenvalue weighted by Gasteiger charge is -2.54. The molecular formula is C49H83N7O13. The molecule has 20 nitrogen and oxygen atoms in total. The van der Waals surface area contributed by atoms with Gasteiger partial charge in [0.25, 0.3) is 23.6 Å². The number of Topliss-reactive ketones (excluding diaryl/α,β-unsaturated/α-hetero) is 1. The third-order valence-corrected chi connectivity index (χ3v) is 16.4. The summed E-state index contributed by atoms with van der Waals surface area (Å²) >= 11 is 0. The van der Waals surface area contributed by atoms with Crippen molar-refractivity contribution in [2.24, 2.45) is 46.8 Å². The summed E-state index contributed by atoms with van der Waals surface area (Å²) in [5.41, 5.74) is 1.44. The Bertz CT molecular complexity index is 1930. The van der Waals surface area contributed by atoms with Gasteiger partial charge in [-0.1, -0.05) is 61.8 Å². The second-order valence-electron chi connectivity index (χ2n) is 22.6. The first kappa shape index (κ1) is 56.1. The standard InChI is InChI=1S/C49H83N7O13/c1-14-28(7)23-31-18-21-49(65,69-48(31,13)15-2)46(10,11)45(63)52-36-39(27(5)6)68-44(62)37(26(3)4)56(67)42(60)35-32(19-20-47(35,12)64)38(57)34-24-29(8)25-51-54(34)40(58)30(9)55(66)41(59)33-17-16-22-50-53(33)43(36)61/h26-37,39,50-51,64-67H,14-25H2,1-13H3,(H,52,63). The number of amides is 5. The molecule has 0 bridgehead atoms. The highest BCUT2D eigenvalue weighted by molar-refractivity contribution is 5.98. The van der Waals surface area contributed by atoms with Crippen molar-refractivity contribution >= 4 is 41.3 Å². The van der Waals surface area contributed by atoms with Gasteiger partial charge in [-0.05, 0) is 116 Å². The normalized spacial score (nSPS) is 37.7. The maximum Gasteiger partial charge on any atom is 0.332 e. The summed E-state index contributed by atoms with van der Waals surface area (Å²) in [6.45, 7) is 22.3. The van der Waals surface area contributed by atoms with E-state index in [0.717, 1.165) is 22.9 Å². The molecular weight excluding hydrogens is 895 g/mol. The third kappa shape index (κ3) is 11.0. The van der Waals surface area contributed by atoms with E-state index in [9.17, 15) is 49.4 Å². The summed E-state index contributed by atoms with van der Waals surface area (Å²) in [4.78, 5) is 103. The quantitative estimate of drug-likeness (QED) is 0.129. The number of carbonyl (C=O) groups is 7. The minimum Gasteiger partial charge on any atom is -0.458 e. The van der Waals surface area contributed by atoms with Gasteiger partial charge in [0, 0.05) is 25.4 Å². The van der Waals surface area contributed by atoms with Gasteiger partial charge in [0.15, 0.2) is 17.6 Å². The largest absolute Gasteiger partial charge is 0.458 e. The molecule has 0 aromatic carbocycles. The smallest absolute Gasteiger partial charge is 0.332 e. The number of aliphatic hydroxyl groups is 2. The number of cyclic esters (lactones) is 1. The van der Waals surface area contributed by atoms with Crippen molar-refractivity contribution in [3.8, 4) is 0 Å². The molecule has 5 rings (SSSR count). The Labute approximate surface area is 407 Å². The molecule has 4 aliphatic heterocycles. The average Bonchev–Trinajstić information content (AvgIpc) is 3.62. The number of nitrogens with one attached hydrogen (secondary N) is 3. The van der Waals surface area contributed by atoms with E-state index in [1.807, 2.05) is 20.8 Å². The topological polar surface area (TPSA) is 268 Å². The zero-order valence-corrected chi connectivity index (χ0v) is 43.2. The molecule has 4 heterocycles. The summed E-state index contributed by atoms with van der Waals surface area (Å²) in [5.74, 6) is -12.9. The van der Waals surface area contributed by atoms with Crippen molar-refractivity contribution in [1.82, 2.24) is 36.3 Å². The SMILES string of the molecule is CCC(C)CC1CCC(O)(C(C)(C)C(=O)NC2C(=O)N3NCCCC3C(=O)N(O)C(C)C(=O)N3NCC(C)CC3C(=O)C3CCC(C)(O)C3C(=O)N(O)C(C(C)C)C(=O)OC2C(C)C)OC1(C)CC. The van der Waals surface area contributed by atoms with Crippen LogP contribution in [0.4, 0.5) is 0 Å². The molecule has 1 saturated carbocycles. The Morgan fingerprint density at radius 3 is 2.07 bits per heavy atom. The summed E-state index contributed by atoms with van der Waals surface area (Å²) < 4.78 is 12.8. The second-order valence-corrected chi connectivity index (χ2v) is 22.6. The van der Waals surface area contributed by atoms with E-state index in [2.05, 4.69) is 30.0 Å². The Morgan fingerprint density at radius 2 is 1.48 bits per heavy atom. The Morgan fingerprint density at radius 1 is 0.841 bits per heavy atom. The van der Waals surface area contributed by atoms with Crippen LogP contribution in [0.25, 0.3) is 0 Å². The number of esters is 1. The number of ether oxygens (including phenoxy) is 2. The predicted octanol–water partition coefficient (Wildman–Crippen LogP) is 3.23. The molecule has 0 aromatic rings. The first-order chi connectivity index (χ1) is 32.0. The van der Waals surface area contributed by atoms with Gasteiger partial charge in [0.05, 0.1) is 22.5 Å². The molecule has 392 valence electrons. The van der Waals surface area contributed by atoms with Gasteiger partial charge < -0.3 is 25.0 Å². The fourth-order valence-corrected chi connectivity index (χ4v) is 11.1. The number of hydroxylamine groups is 4. The van der Waals surface area contributed by atoms with E-state index in [-0.39, 0.29) is 67.2 Å². The molecule has 20 heteroatoms. The third-order valence-electron chi connectivity index (χ3n) is 16.4. The van der Waals surface area contributed by atoms with Gasteiger partial charge in [0.1, 0.15) is 30.3 Å². The van der Waals surface area contributed by atoms with Crippen LogP contribution in [0.15, 0.2) is 0 Å². The number of rotatable bonds is 9. The number of hydrazine groups is 2. The Balaban J connectivity index is 1.63. The van der Waals surface area contributed by atoms with Crippen LogP contribution >= 0.6 is 0 Å². The highest BCUT2D eigenvalue weighted by Gasteiger charge is 2.60. The molecule has 5 fully saturated rings. The van der Waals surface area contributed by atoms with Crippen LogP contribution in [0.1, 0.15) is 154 Å². The van der Waals surface area contributed by atoms with E-state index in [4.69, 9.17) is 9.47 Å². The first-order valence-corrected chi connectivity index (χ1v) is 25.4. The second kappa shape index (κ2) is 21.5. The highest BCUT2D eigenvalue weighted by Crippen LogP contribution is 2.50. The summed E-state index contributed by atoms with van der Waals surface area (Å²) in [6.07, 6.45) is 1.82. The molecule has 5 aliphatic rings. The molecule has 1 aliphatic carbocycles. The average molecular weight is 978 g/mol. The van der Waals surface area contributed by atoms with Gasteiger partial charge in [-0.3, -0.25) is 49.2 Å². The lowest BCUT2D eigenvalue weighted by atomic mass is 9.69. The van der Waals surface area contributed by atoms with Crippen molar-refractivity contribution in [1.29, 1.82) is 0 Å². The molecule has 69 heavy (non-hydrogen) atoms. The number of carbonyl (C=O) groups excluding carboxylic acids is 7. The maximum atomic E-state index is 15.3. The lowest BCUT2D eigenvalue weighted by Crippen LogP contribution is -2.69. The van der Waals surface area contributed by atoms with Gasteiger partial charge >= 0.3 is 5.97 Å². The fourth-order valence-electron chi connectivity index (χ4n) is 11.1. The number of hydrogen-bond donors (Lipinski definition) is 7. The predicted molar refractivity (Wildman–Crippen MR) is 249 cm³/mol. The molecule has 5 amide bonds. The zero-order valence-electron chi connectivity index (χ0n) is 43.2. The van der Waals surface area contributed by atoms with Crippen LogP contribution in [0, 0.1) is 46.8 Å². The van der Waals surface area contributed by atoms with Crippen LogP contribution in [-0.2, 0) is 43.0 Å². The highest BCUT2D eigenvalue weighted by atomic mass is 16.6. The minimum absolute atomic E-state index is 0.00375. The monoisotopic (exact) mass is 978 g/mol. The number of ketones is 1. The van der Waals surface area contributed by atoms with Crippen molar-refractivity contribution in [3.05, 3.63) is 0 Å². The number of nitrogens with zero attached hydrogens (tertiary/aromatic N) is 4. The van der Waals surface area contributed by atoms with E-state index in [1.165, 1.54) is 27.7 Å². The fraction of sp³-hybridized carbons (Fsp3) is 0.857. The molecule has 0 radical (unpaired) electrons. The Kier molecular flexibility index (Phi) is 17.5. The number of fused-ring (bicyclic) bond motifs is 3. The first-order valence-electron chi connectivity index (χ1n) is 25.4. The van der Waals surface area contributed by atoms with Crippen molar-refractivity contribution < 1.29 is 63.7 Å².